The number of primary amides is 1. The van der Waals surface area contributed by atoms with Crippen LogP contribution in [-0.2, 0) is 4.74 Å². The number of hydrogen-bond donors (Lipinski definition) is 2. The van der Waals surface area contributed by atoms with E-state index in [4.69, 9.17) is 17.3 Å². The number of nitrogens with zero attached hydrogens (tertiary/aromatic N) is 3. The SMILES string of the molecule is CC(C)(C)OC(N)=O.Clc1ncnc2nc[nH]c12. The number of aromatic nitrogens is 4. The van der Waals surface area contributed by atoms with Crippen LogP contribution in [0.1, 0.15) is 20.8 Å². The predicted octanol–water partition coefficient (Wildman–Crippen LogP) is 1.89. The molecule has 2 aromatic heterocycles. The summed E-state index contributed by atoms with van der Waals surface area (Å²) in [4.78, 5) is 24.3. The molecular formula is C10H14ClN5O2. The van der Waals surface area contributed by atoms with Crippen molar-refractivity contribution in [2.45, 2.75) is 26.4 Å². The minimum Gasteiger partial charge on any atom is -0.444 e. The molecule has 8 heteroatoms. The summed E-state index contributed by atoms with van der Waals surface area (Å²) in [5, 5.41) is 0.405. The minimum atomic E-state index is -0.725. The highest BCUT2D eigenvalue weighted by Crippen LogP contribution is 2.13. The van der Waals surface area contributed by atoms with Crippen LogP contribution in [0, 0.1) is 0 Å². The molecule has 0 unspecified atom stereocenters. The van der Waals surface area contributed by atoms with Gasteiger partial charge in [0.1, 0.15) is 17.4 Å². The Bertz CT molecular complexity index is 534. The van der Waals surface area contributed by atoms with Crippen molar-refractivity contribution in [1.29, 1.82) is 0 Å². The number of carbonyl (C=O) groups excluding carboxylic acids is 1. The van der Waals surface area contributed by atoms with Crippen LogP contribution in [-0.4, -0.2) is 31.6 Å². The van der Waals surface area contributed by atoms with Gasteiger partial charge in [0.25, 0.3) is 0 Å². The first-order chi connectivity index (χ1) is 8.29. The zero-order valence-electron chi connectivity index (χ0n) is 10.3. The van der Waals surface area contributed by atoms with E-state index in [1.807, 2.05) is 0 Å². The largest absolute Gasteiger partial charge is 0.444 e. The molecule has 0 fully saturated rings. The van der Waals surface area contributed by atoms with Gasteiger partial charge in [-0.3, -0.25) is 0 Å². The number of H-pyrrole nitrogens is 1. The maximum Gasteiger partial charge on any atom is 0.405 e. The lowest BCUT2D eigenvalue weighted by atomic mass is 10.2. The molecule has 0 saturated heterocycles. The van der Waals surface area contributed by atoms with Crippen LogP contribution in [0.15, 0.2) is 12.7 Å². The van der Waals surface area contributed by atoms with Gasteiger partial charge in [-0.2, -0.15) is 0 Å². The molecule has 98 valence electrons. The number of rotatable bonds is 0. The molecule has 18 heavy (non-hydrogen) atoms. The number of nitrogens with one attached hydrogen (secondary N) is 1. The second kappa shape index (κ2) is 5.63. The average molecular weight is 272 g/mol. The van der Waals surface area contributed by atoms with E-state index >= 15 is 0 Å². The lowest BCUT2D eigenvalue weighted by Crippen LogP contribution is -2.27. The minimum absolute atomic E-state index is 0.405. The van der Waals surface area contributed by atoms with Crippen LogP contribution in [0.25, 0.3) is 11.2 Å². The fraction of sp³-hybridized carbons (Fsp3) is 0.400. The maximum atomic E-state index is 10.0. The molecule has 2 aromatic rings. The second-order valence-corrected chi connectivity index (χ2v) is 4.66. The van der Waals surface area contributed by atoms with Gasteiger partial charge in [-0.05, 0) is 20.8 Å². The van der Waals surface area contributed by atoms with Gasteiger partial charge in [0, 0.05) is 0 Å². The normalized spacial score (nSPS) is 10.7. The van der Waals surface area contributed by atoms with E-state index < -0.39 is 11.7 Å². The molecule has 0 bridgehead atoms. The van der Waals surface area contributed by atoms with Crippen molar-refractivity contribution in [3.05, 3.63) is 17.8 Å². The van der Waals surface area contributed by atoms with Crippen molar-refractivity contribution in [2.75, 3.05) is 0 Å². The number of ether oxygens (including phenoxy) is 1. The number of halogens is 1. The van der Waals surface area contributed by atoms with Crippen molar-refractivity contribution in [3.63, 3.8) is 0 Å². The lowest BCUT2D eigenvalue weighted by Gasteiger charge is -2.16. The van der Waals surface area contributed by atoms with Crippen LogP contribution in [0.5, 0.6) is 0 Å². The molecule has 0 saturated carbocycles. The summed E-state index contributed by atoms with van der Waals surface area (Å²) in [7, 11) is 0. The van der Waals surface area contributed by atoms with Gasteiger partial charge in [0.05, 0.1) is 6.33 Å². The predicted molar refractivity (Wildman–Crippen MR) is 67.1 cm³/mol. The first-order valence-corrected chi connectivity index (χ1v) is 5.45. The van der Waals surface area contributed by atoms with Gasteiger partial charge in [0.2, 0.25) is 0 Å². The Balaban J connectivity index is 0.000000187. The van der Waals surface area contributed by atoms with E-state index in [-0.39, 0.29) is 0 Å². The number of fused-ring (bicyclic) bond motifs is 1. The van der Waals surface area contributed by atoms with Crippen molar-refractivity contribution in [3.8, 4) is 0 Å². The highest BCUT2D eigenvalue weighted by Gasteiger charge is 2.12. The molecule has 0 aliphatic rings. The fourth-order valence-corrected chi connectivity index (χ4v) is 1.22. The van der Waals surface area contributed by atoms with Crippen LogP contribution in [0.4, 0.5) is 4.79 Å². The first-order valence-electron chi connectivity index (χ1n) is 5.07. The maximum absolute atomic E-state index is 10.0. The van der Waals surface area contributed by atoms with E-state index in [9.17, 15) is 4.79 Å². The number of carbonyl (C=O) groups is 1. The molecular weight excluding hydrogens is 258 g/mol. The van der Waals surface area contributed by atoms with Gasteiger partial charge in [-0.15, -0.1) is 0 Å². The first kappa shape index (κ1) is 14.2. The number of amides is 1. The van der Waals surface area contributed by atoms with Crippen LogP contribution in [0.3, 0.4) is 0 Å². The van der Waals surface area contributed by atoms with Crippen molar-refractivity contribution in [1.82, 2.24) is 19.9 Å². The summed E-state index contributed by atoms with van der Waals surface area (Å²) in [6.07, 6.45) is 2.19. The Morgan fingerprint density at radius 1 is 1.39 bits per heavy atom. The number of hydrogen-bond acceptors (Lipinski definition) is 5. The van der Waals surface area contributed by atoms with E-state index in [1.54, 1.807) is 20.8 Å². The van der Waals surface area contributed by atoms with E-state index in [2.05, 4.69) is 24.7 Å². The Morgan fingerprint density at radius 3 is 2.50 bits per heavy atom. The summed E-state index contributed by atoms with van der Waals surface area (Å²) >= 11 is 5.68. The summed E-state index contributed by atoms with van der Waals surface area (Å²) < 4.78 is 4.58. The molecule has 0 aliphatic heterocycles. The second-order valence-electron chi connectivity index (χ2n) is 4.30. The van der Waals surface area contributed by atoms with Crippen molar-refractivity contribution in [2.24, 2.45) is 5.73 Å². The molecule has 0 radical (unpaired) electrons. The van der Waals surface area contributed by atoms with E-state index in [1.165, 1.54) is 12.7 Å². The number of imidazole rings is 1. The summed E-state index contributed by atoms with van der Waals surface area (Å²) in [6, 6.07) is 0. The van der Waals surface area contributed by atoms with Crippen LogP contribution in [0.2, 0.25) is 5.15 Å². The van der Waals surface area contributed by atoms with Gasteiger partial charge >= 0.3 is 6.09 Å². The zero-order chi connectivity index (χ0) is 13.8. The Morgan fingerprint density at radius 2 is 2.06 bits per heavy atom. The summed E-state index contributed by atoms with van der Waals surface area (Å²) in [6.45, 7) is 5.28. The molecule has 2 heterocycles. The molecule has 2 rings (SSSR count). The smallest absolute Gasteiger partial charge is 0.405 e. The third kappa shape index (κ3) is 4.54. The lowest BCUT2D eigenvalue weighted by molar-refractivity contribution is 0.0600. The Hall–Kier alpha value is -1.89. The fourth-order valence-electron chi connectivity index (χ4n) is 1.04. The molecule has 7 nitrogen and oxygen atoms in total. The highest BCUT2D eigenvalue weighted by atomic mass is 35.5. The zero-order valence-corrected chi connectivity index (χ0v) is 11.0. The summed E-state index contributed by atoms with van der Waals surface area (Å²) in [5.41, 5.74) is 5.55. The standard InChI is InChI=1S/C5H3ClN4.C5H11NO2/c6-4-3-5(9-1-7-3)10-2-8-4;1-5(2,3)8-4(6)7/h1-2H,(H,7,8,9,10);1-3H3,(H2,6,7). The van der Waals surface area contributed by atoms with Crippen molar-refractivity contribution < 1.29 is 9.53 Å². The summed E-state index contributed by atoms with van der Waals surface area (Å²) in [5.74, 6) is 0. The molecule has 0 atom stereocenters. The highest BCUT2D eigenvalue weighted by molar-refractivity contribution is 6.33. The van der Waals surface area contributed by atoms with Gasteiger partial charge < -0.3 is 15.5 Å². The Kier molecular flexibility index (Phi) is 4.43. The molecule has 1 amide bonds. The van der Waals surface area contributed by atoms with Gasteiger partial charge in [-0.25, -0.2) is 19.7 Å². The molecule has 0 aromatic carbocycles. The topological polar surface area (TPSA) is 107 Å². The van der Waals surface area contributed by atoms with Crippen molar-refractivity contribution >= 4 is 28.9 Å². The number of nitrogens with two attached hydrogens (primary N) is 1. The van der Waals surface area contributed by atoms with Gasteiger partial charge in [0.15, 0.2) is 10.8 Å². The van der Waals surface area contributed by atoms with Crippen LogP contribution >= 0.6 is 11.6 Å². The van der Waals surface area contributed by atoms with Crippen LogP contribution < -0.4 is 5.73 Å². The Labute approximate surface area is 109 Å². The number of aromatic amines is 1. The molecule has 3 N–H and O–H groups in total. The quantitative estimate of drug-likeness (QED) is 0.712. The van der Waals surface area contributed by atoms with E-state index in [0.717, 1.165) is 0 Å². The van der Waals surface area contributed by atoms with Gasteiger partial charge in [-0.1, -0.05) is 11.6 Å². The third-order valence-electron chi connectivity index (χ3n) is 1.58. The third-order valence-corrected chi connectivity index (χ3v) is 1.87. The molecule has 0 spiro atoms. The van der Waals surface area contributed by atoms with E-state index in [0.29, 0.717) is 16.3 Å². The average Bonchev–Trinajstić information content (AvgIpc) is 2.63. The molecule has 0 aliphatic carbocycles. The monoisotopic (exact) mass is 271 g/mol.